The zero-order valence-electron chi connectivity index (χ0n) is 12.8. The molecule has 4 N–H and O–H groups in total. The number of urea groups is 1. The molecule has 0 unspecified atom stereocenters. The lowest BCUT2D eigenvalue weighted by Crippen LogP contribution is -2.44. The average Bonchev–Trinajstić information content (AvgIpc) is 2.98. The van der Waals surface area contributed by atoms with Crippen molar-refractivity contribution in [2.75, 3.05) is 5.32 Å². The zero-order chi connectivity index (χ0) is 16.9. The highest BCUT2D eigenvalue weighted by Gasteiger charge is 2.21. The Bertz CT molecular complexity index is 858. The second-order valence-electron chi connectivity index (χ2n) is 5.42. The number of amides is 2. The van der Waals surface area contributed by atoms with Crippen molar-refractivity contribution in [3.63, 3.8) is 0 Å². The molecule has 0 bridgehead atoms. The Balaban J connectivity index is 1.71. The SMILES string of the molecule is O=C(Nc1ccccc1)N[C@H](Cc1c[nH]c2ccccc12)C(=O)O. The Morgan fingerprint density at radius 1 is 1.04 bits per heavy atom. The maximum Gasteiger partial charge on any atom is 0.326 e. The van der Waals surface area contributed by atoms with Gasteiger partial charge in [0.25, 0.3) is 0 Å². The topological polar surface area (TPSA) is 94.2 Å². The highest BCUT2D eigenvalue weighted by Crippen LogP contribution is 2.19. The van der Waals surface area contributed by atoms with E-state index in [2.05, 4.69) is 15.6 Å². The van der Waals surface area contributed by atoms with E-state index in [4.69, 9.17) is 0 Å². The van der Waals surface area contributed by atoms with Crippen LogP contribution in [-0.2, 0) is 11.2 Å². The molecule has 0 saturated heterocycles. The van der Waals surface area contributed by atoms with E-state index in [0.29, 0.717) is 5.69 Å². The number of carboxylic acids is 1. The normalized spacial score (nSPS) is 11.8. The third-order valence-electron chi connectivity index (χ3n) is 3.73. The summed E-state index contributed by atoms with van der Waals surface area (Å²) in [6, 6.07) is 14.9. The number of aromatic nitrogens is 1. The fraction of sp³-hybridized carbons (Fsp3) is 0.111. The van der Waals surface area contributed by atoms with Gasteiger partial charge in [0, 0.05) is 29.2 Å². The van der Waals surface area contributed by atoms with Gasteiger partial charge >= 0.3 is 12.0 Å². The summed E-state index contributed by atoms with van der Waals surface area (Å²) in [5.74, 6) is -1.08. The van der Waals surface area contributed by atoms with E-state index in [-0.39, 0.29) is 6.42 Å². The van der Waals surface area contributed by atoms with E-state index in [1.54, 1.807) is 30.5 Å². The van der Waals surface area contributed by atoms with Crippen molar-refractivity contribution in [1.82, 2.24) is 10.3 Å². The monoisotopic (exact) mass is 323 g/mol. The summed E-state index contributed by atoms with van der Waals surface area (Å²) in [6.45, 7) is 0. The van der Waals surface area contributed by atoms with Crippen LogP contribution in [0.2, 0.25) is 0 Å². The van der Waals surface area contributed by atoms with Gasteiger partial charge in [0.2, 0.25) is 0 Å². The number of hydrogen-bond donors (Lipinski definition) is 4. The van der Waals surface area contributed by atoms with Gasteiger partial charge in [-0.2, -0.15) is 0 Å². The van der Waals surface area contributed by atoms with Gasteiger partial charge < -0.3 is 20.7 Å². The van der Waals surface area contributed by atoms with E-state index >= 15 is 0 Å². The summed E-state index contributed by atoms with van der Waals surface area (Å²) in [4.78, 5) is 26.6. The minimum atomic E-state index is -1.08. The highest BCUT2D eigenvalue weighted by molar-refractivity contribution is 5.92. The molecular weight excluding hydrogens is 306 g/mol. The average molecular weight is 323 g/mol. The number of carboxylic acid groups (broad SMARTS) is 1. The number of aliphatic carboxylic acids is 1. The lowest BCUT2D eigenvalue weighted by atomic mass is 10.1. The summed E-state index contributed by atoms with van der Waals surface area (Å²) >= 11 is 0. The number of aromatic amines is 1. The molecule has 0 aliphatic rings. The summed E-state index contributed by atoms with van der Waals surface area (Å²) in [5.41, 5.74) is 2.38. The zero-order valence-corrected chi connectivity index (χ0v) is 12.8. The largest absolute Gasteiger partial charge is 0.480 e. The molecular formula is C18H17N3O3. The third kappa shape index (κ3) is 3.55. The van der Waals surface area contributed by atoms with Crippen LogP contribution in [0.4, 0.5) is 10.5 Å². The van der Waals surface area contributed by atoms with Crippen LogP contribution in [-0.4, -0.2) is 28.1 Å². The Morgan fingerprint density at radius 3 is 2.50 bits per heavy atom. The molecule has 0 saturated carbocycles. The van der Waals surface area contributed by atoms with Gasteiger partial charge in [0.1, 0.15) is 6.04 Å². The highest BCUT2D eigenvalue weighted by atomic mass is 16.4. The van der Waals surface area contributed by atoms with Crippen LogP contribution in [0.3, 0.4) is 0 Å². The van der Waals surface area contributed by atoms with Crippen LogP contribution in [0, 0.1) is 0 Å². The summed E-state index contributed by atoms with van der Waals surface area (Å²) in [7, 11) is 0. The summed E-state index contributed by atoms with van der Waals surface area (Å²) in [5, 5.41) is 15.5. The minimum absolute atomic E-state index is 0.196. The molecule has 0 radical (unpaired) electrons. The second kappa shape index (κ2) is 6.87. The standard InChI is InChI=1S/C18H17N3O3/c22-17(23)16(21-18(24)20-13-6-2-1-3-7-13)10-12-11-19-15-9-5-4-8-14(12)15/h1-9,11,16,19H,10H2,(H,22,23)(H2,20,21,24)/t16-/m1/s1. The molecule has 6 nitrogen and oxygen atoms in total. The van der Waals surface area contributed by atoms with Crippen LogP contribution >= 0.6 is 0 Å². The number of fused-ring (bicyclic) bond motifs is 1. The predicted octanol–water partition coefficient (Wildman–Crippen LogP) is 2.99. The molecule has 0 aliphatic heterocycles. The van der Waals surface area contributed by atoms with Gasteiger partial charge in [-0.1, -0.05) is 36.4 Å². The number of benzene rings is 2. The van der Waals surface area contributed by atoms with Gasteiger partial charge in [-0.05, 0) is 23.8 Å². The van der Waals surface area contributed by atoms with E-state index in [1.165, 1.54) is 0 Å². The van der Waals surface area contributed by atoms with Gasteiger partial charge in [-0.3, -0.25) is 0 Å². The summed E-state index contributed by atoms with van der Waals surface area (Å²) < 4.78 is 0. The Hall–Kier alpha value is -3.28. The van der Waals surface area contributed by atoms with E-state index in [1.807, 2.05) is 30.3 Å². The lowest BCUT2D eigenvalue weighted by molar-refractivity contribution is -0.139. The molecule has 2 aromatic carbocycles. The maximum absolute atomic E-state index is 12.0. The number of rotatable bonds is 5. The molecule has 0 spiro atoms. The number of nitrogens with one attached hydrogen (secondary N) is 3. The van der Waals surface area contributed by atoms with Crippen molar-refractivity contribution in [3.8, 4) is 0 Å². The van der Waals surface area contributed by atoms with Gasteiger partial charge in [0.15, 0.2) is 0 Å². The van der Waals surface area contributed by atoms with Crippen molar-refractivity contribution in [2.45, 2.75) is 12.5 Å². The van der Waals surface area contributed by atoms with Crippen molar-refractivity contribution in [1.29, 1.82) is 0 Å². The first-order chi connectivity index (χ1) is 11.6. The summed E-state index contributed by atoms with van der Waals surface area (Å²) in [6.07, 6.45) is 1.97. The molecule has 3 rings (SSSR count). The molecule has 122 valence electrons. The number of hydrogen-bond acceptors (Lipinski definition) is 2. The van der Waals surface area contributed by atoms with Crippen LogP contribution < -0.4 is 10.6 Å². The quantitative estimate of drug-likeness (QED) is 0.581. The molecule has 6 heteroatoms. The van der Waals surface area contributed by atoms with Gasteiger partial charge in [0.05, 0.1) is 0 Å². The van der Waals surface area contributed by atoms with E-state index in [0.717, 1.165) is 16.5 Å². The number of carbonyl (C=O) groups excluding carboxylic acids is 1. The molecule has 1 heterocycles. The van der Waals surface area contributed by atoms with E-state index in [9.17, 15) is 14.7 Å². The molecule has 1 atom stereocenters. The number of H-pyrrole nitrogens is 1. The fourth-order valence-corrected chi connectivity index (χ4v) is 2.57. The van der Waals surface area contributed by atoms with Crippen LogP contribution in [0.25, 0.3) is 10.9 Å². The van der Waals surface area contributed by atoms with E-state index < -0.39 is 18.0 Å². The molecule has 1 aromatic heterocycles. The van der Waals surface area contributed by atoms with Crippen molar-refractivity contribution in [2.24, 2.45) is 0 Å². The Labute approximate surface area is 138 Å². The second-order valence-corrected chi connectivity index (χ2v) is 5.42. The molecule has 24 heavy (non-hydrogen) atoms. The predicted molar refractivity (Wildman–Crippen MR) is 92.0 cm³/mol. The number of anilines is 1. The minimum Gasteiger partial charge on any atom is -0.480 e. The third-order valence-corrected chi connectivity index (χ3v) is 3.73. The first kappa shape index (κ1) is 15.6. The number of para-hydroxylation sites is 2. The maximum atomic E-state index is 12.0. The lowest BCUT2D eigenvalue weighted by Gasteiger charge is -2.15. The molecule has 0 aliphatic carbocycles. The van der Waals surface area contributed by atoms with Crippen molar-refractivity contribution < 1.29 is 14.7 Å². The van der Waals surface area contributed by atoms with Crippen LogP contribution in [0.5, 0.6) is 0 Å². The smallest absolute Gasteiger partial charge is 0.326 e. The van der Waals surface area contributed by atoms with Gasteiger partial charge in [-0.25, -0.2) is 9.59 Å². The number of carbonyl (C=O) groups is 2. The first-order valence-electron chi connectivity index (χ1n) is 7.54. The van der Waals surface area contributed by atoms with Crippen molar-refractivity contribution >= 4 is 28.6 Å². The molecule has 2 amide bonds. The first-order valence-corrected chi connectivity index (χ1v) is 7.54. The Morgan fingerprint density at radius 2 is 1.75 bits per heavy atom. The Kier molecular flexibility index (Phi) is 4.47. The van der Waals surface area contributed by atoms with Crippen molar-refractivity contribution in [3.05, 3.63) is 66.4 Å². The van der Waals surface area contributed by atoms with Crippen LogP contribution in [0.15, 0.2) is 60.8 Å². The van der Waals surface area contributed by atoms with Gasteiger partial charge in [-0.15, -0.1) is 0 Å². The molecule has 3 aromatic rings. The fourth-order valence-electron chi connectivity index (χ4n) is 2.57. The molecule has 0 fully saturated rings. The van der Waals surface area contributed by atoms with Crippen LogP contribution in [0.1, 0.15) is 5.56 Å².